The first-order valence-corrected chi connectivity index (χ1v) is 6.97. The average molecular weight is 413 g/mol. The van der Waals surface area contributed by atoms with Gasteiger partial charge in [-0.2, -0.15) is 0 Å². The smallest absolute Gasteiger partial charge is 0.337 e. The molecule has 1 atom stereocenters. The number of hydrogen-bond donors (Lipinski definition) is 2. The zero-order valence-corrected chi connectivity index (χ0v) is 12.4. The maximum absolute atomic E-state index is 11.7. The van der Waals surface area contributed by atoms with E-state index in [0.29, 0.717) is 17.3 Å². The molecular formula is C11H10BrIO4. The third-order valence-corrected chi connectivity index (χ3v) is 3.50. The first kappa shape index (κ1) is 14.6. The van der Waals surface area contributed by atoms with Gasteiger partial charge in [-0.1, -0.05) is 22.0 Å². The summed E-state index contributed by atoms with van der Waals surface area (Å²) in [6.07, 6.45) is -1.26. The Kier molecular flexibility index (Phi) is 5.54. The first-order chi connectivity index (χ1) is 7.97. The van der Waals surface area contributed by atoms with Crippen LogP contribution in [0.4, 0.5) is 0 Å². The van der Waals surface area contributed by atoms with Crippen LogP contribution in [0.3, 0.4) is 0 Å². The van der Waals surface area contributed by atoms with E-state index in [1.165, 1.54) is 12.1 Å². The molecule has 17 heavy (non-hydrogen) atoms. The zero-order chi connectivity index (χ0) is 13.0. The highest BCUT2D eigenvalue weighted by Gasteiger charge is 2.18. The predicted octanol–water partition coefficient (Wildman–Crippen LogP) is 2.38. The van der Waals surface area contributed by atoms with Crippen molar-refractivity contribution in [2.75, 3.05) is 5.33 Å². The van der Waals surface area contributed by atoms with Gasteiger partial charge < -0.3 is 10.2 Å². The van der Waals surface area contributed by atoms with Crippen molar-refractivity contribution in [3.8, 4) is 0 Å². The molecule has 0 aliphatic rings. The summed E-state index contributed by atoms with van der Waals surface area (Å²) in [5, 5.41) is 18.6. The largest absolute Gasteiger partial charge is 0.479 e. The molecule has 0 saturated carbocycles. The van der Waals surface area contributed by atoms with E-state index in [0.717, 1.165) is 3.57 Å². The molecule has 0 bridgehead atoms. The highest BCUT2D eigenvalue weighted by Crippen LogP contribution is 2.21. The molecule has 0 aromatic heterocycles. The van der Waals surface area contributed by atoms with E-state index < -0.39 is 12.1 Å². The van der Waals surface area contributed by atoms with E-state index in [9.17, 15) is 14.7 Å². The second kappa shape index (κ2) is 6.46. The van der Waals surface area contributed by atoms with Crippen LogP contribution < -0.4 is 0 Å². The number of aliphatic hydroxyl groups is 1. The number of carbonyl (C=O) groups excluding carboxylic acids is 1. The number of ketones is 1. The van der Waals surface area contributed by atoms with Crippen molar-refractivity contribution in [1.29, 1.82) is 0 Å². The van der Waals surface area contributed by atoms with Crippen LogP contribution in [0, 0.1) is 3.57 Å². The number of Topliss-reactive ketones (excluding diaryl/α,β-unsaturated/α-hetero) is 1. The third-order valence-electron chi connectivity index (χ3n) is 2.16. The number of rotatable bonds is 5. The number of halogens is 2. The fourth-order valence-corrected chi connectivity index (χ4v) is 2.29. The van der Waals surface area contributed by atoms with E-state index in [4.69, 9.17) is 5.11 Å². The van der Waals surface area contributed by atoms with Crippen molar-refractivity contribution in [3.05, 3.63) is 32.9 Å². The van der Waals surface area contributed by atoms with Gasteiger partial charge in [0.1, 0.15) is 0 Å². The molecule has 0 spiro atoms. The quantitative estimate of drug-likeness (QED) is 0.442. The van der Waals surface area contributed by atoms with Gasteiger partial charge in [-0.15, -0.1) is 0 Å². The number of alkyl halides is 1. The number of aliphatic carboxylic acids is 1. The maximum Gasteiger partial charge on any atom is 0.337 e. The number of carbonyl (C=O) groups is 2. The highest BCUT2D eigenvalue weighted by atomic mass is 127. The second-order valence-electron chi connectivity index (χ2n) is 3.34. The Bertz CT molecular complexity index is 447. The van der Waals surface area contributed by atoms with Crippen LogP contribution in [0.2, 0.25) is 0 Å². The summed E-state index contributed by atoms with van der Waals surface area (Å²) in [4.78, 5) is 22.4. The Morgan fingerprint density at radius 3 is 2.59 bits per heavy atom. The zero-order valence-electron chi connectivity index (χ0n) is 8.69. The lowest BCUT2D eigenvalue weighted by atomic mass is 10.0. The third kappa shape index (κ3) is 3.75. The summed E-state index contributed by atoms with van der Waals surface area (Å²) >= 11 is 5.18. The molecule has 4 nitrogen and oxygen atoms in total. The van der Waals surface area contributed by atoms with E-state index >= 15 is 0 Å². The molecule has 92 valence electrons. The Morgan fingerprint density at radius 2 is 2.06 bits per heavy atom. The van der Waals surface area contributed by atoms with Gasteiger partial charge in [0, 0.05) is 20.9 Å². The molecule has 0 saturated heterocycles. The van der Waals surface area contributed by atoms with Crippen LogP contribution in [0.25, 0.3) is 0 Å². The van der Waals surface area contributed by atoms with Crippen LogP contribution in [0.15, 0.2) is 18.2 Å². The van der Waals surface area contributed by atoms with Crippen molar-refractivity contribution >= 4 is 50.3 Å². The number of benzene rings is 1. The number of carboxylic acids is 1. The summed E-state index contributed by atoms with van der Waals surface area (Å²) in [5.41, 5.74) is 0.665. The van der Waals surface area contributed by atoms with Crippen molar-refractivity contribution in [1.82, 2.24) is 0 Å². The van der Waals surface area contributed by atoms with Crippen LogP contribution in [-0.4, -0.2) is 27.3 Å². The van der Waals surface area contributed by atoms with Crippen molar-refractivity contribution in [3.63, 3.8) is 0 Å². The Hall–Kier alpha value is -0.470. The van der Waals surface area contributed by atoms with Gasteiger partial charge in [0.2, 0.25) is 0 Å². The van der Waals surface area contributed by atoms with Crippen molar-refractivity contribution in [2.24, 2.45) is 0 Å². The van der Waals surface area contributed by atoms with Crippen molar-refractivity contribution in [2.45, 2.75) is 12.5 Å². The second-order valence-corrected chi connectivity index (χ2v) is 5.30. The van der Waals surface area contributed by atoms with Gasteiger partial charge in [0.05, 0.1) is 0 Å². The topological polar surface area (TPSA) is 74.6 Å². The lowest BCUT2D eigenvalue weighted by Crippen LogP contribution is -2.12. The summed E-state index contributed by atoms with van der Waals surface area (Å²) in [6, 6.07) is 4.57. The Morgan fingerprint density at radius 1 is 1.41 bits per heavy atom. The van der Waals surface area contributed by atoms with Crippen LogP contribution in [-0.2, 0) is 4.79 Å². The summed E-state index contributed by atoms with van der Waals surface area (Å²) in [6.45, 7) is 0. The maximum atomic E-state index is 11.7. The summed E-state index contributed by atoms with van der Waals surface area (Å²) < 4.78 is 0.745. The van der Waals surface area contributed by atoms with E-state index in [1.54, 1.807) is 6.07 Å². The fraction of sp³-hybridized carbons (Fsp3) is 0.273. The average Bonchev–Trinajstić information content (AvgIpc) is 2.28. The van der Waals surface area contributed by atoms with Gasteiger partial charge in [0.15, 0.2) is 11.9 Å². The van der Waals surface area contributed by atoms with Crippen LogP contribution in [0.1, 0.15) is 28.4 Å². The molecule has 0 aliphatic heterocycles. The monoisotopic (exact) mass is 412 g/mol. The lowest BCUT2D eigenvalue weighted by Gasteiger charge is -2.09. The molecule has 6 heteroatoms. The molecule has 0 amide bonds. The minimum absolute atomic E-state index is 0.0780. The molecule has 0 heterocycles. The molecular weight excluding hydrogens is 403 g/mol. The van der Waals surface area contributed by atoms with E-state index in [2.05, 4.69) is 15.9 Å². The van der Waals surface area contributed by atoms with Gasteiger partial charge in [0.25, 0.3) is 0 Å². The molecule has 1 aromatic carbocycles. The van der Waals surface area contributed by atoms with Crippen molar-refractivity contribution < 1.29 is 19.8 Å². The minimum atomic E-state index is -1.59. The molecule has 1 rings (SSSR count). The van der Waals surface area contributed by atoms with E-state index in [1.807, 2.05) is 22.6 Å². The summed E-state index contributed by atoms with van der Waals surface area (Å²) in [7, 11) is 0. The van der Waals surface area contributed by atoms with Crippen LogP contribution >= 0.6 is 38.5 Å². The Labute approximate surface area is 120 Å². The molecule has 0 aliphatic carbocycles. The van der Waals surface area contributed by atoms with Gasteiger partial charge in [-0.3, -0.25) is 4.79 Å². The number of hydrogen-bond acceptors (Lipinski definition) is 3. The molecule has 0 radical (unpaired) electrons. The van der Waals surface area contributed by atoms with Gasteiger partial charge in [-0.05, 0) is 40.3 Å². The van der Waals surface area contributed by atoms with Gasteiger partial charge >= 0.3 is 5.97 Å². The SMILES string of the molecule is O=C(CCBr)c1cc(C(O)C(=O)O)ccc1I. The number of aliphatic hydroxyl groups excluding tert-OH is 1. The van der Waals surface area contributed by atoms with E-state index in [-0.39, 0.29) is 11.3 Å². The number of carboxylic acid groups (broad SMARTS) is 1. The van der Waals surface area contributed by atoms with Crippen LogP contribution in [0.5, 0.6) is 0 Å². The Balaban J connectivity index is 3.10. The summed E-state index contributed by atoms with van der Waals surface area (Å²) in [5.74, 6) is -1.41. The lowest BCUT2D eigenvalue weighted by molar-refractivity contribution is -0.146. The molecule has 1 aromatic rings. The standard InChI is InChI=1S/C11H10BrIO4/c12-4-3-9(14)7-5-6(1-2-8(7)13)10(15)11(16)17/h1-2,5,10,15H,3-4H2,(H,16,17). The first-order valence-electron chi connectivity index (χ1n) is 4.77. The minimum Gasteiger partial charge on any atom is -0.479 e. The molecule has 0 fully saturated rings. The normalized spacial score (nSPS) is 12.2. The van der Waals surface area contributed by atoms with Gasteiger partial charge in [-0.25, -0.2) is 4.79 Å². The highest BCUT2D eigenvalue weighted by molar-refractivity contribution is 14.1. The fourth-order valence-electron chi connectivity index (χ4n) is 1.29. The predicted molar refractivity (Wildman–Crippen MR) is 74.5 cm³/mol. The molecule has 1 unspecified atom stereocenters. The molecule has 2 N–H and O–H groups in total.